The quantitative estimate of drug-likeness (QED) is 0.510. The number of amides is 1. The van der Waals surface area contributed by atoms with E-state index >= 15 is 0 Å². The van der Waals surface area contributed by atoms with Gasteiger partial charge in [0.1, 0.15) is 5.70 Å². The number of allylic oxidation sites excluding steroid dienone is 2. The van der Waals surface area contributed by atoms with Crippen molar-refractivity contribution < 1.29 is 19.5 Å². The Morgan fingerprint density at radius 1 is 1.42 bits per heavy atom. The zero-order chi connectivity index (χ0) is 18.3. The minimum Gasteiger partial charge on any atom is -0.478 e. The van der Waals surface area contributed by atoms with Gasteiger partial charge in [-0.2, -0.15) is 0 Å². The number of nitrogens with zero attached hydrogens (tertiary/aromatic N) is 1. The van der Waals surface area contributed by atoms with Gasteiger partial charge in [-0.1, -0.05) is 35.5 Å². The Kier molecular flexibility index (Phi) is 7.78. The summed E-state index contributed by atoms with van der Waals surface area (Å²) in [6.45, 7) is 6.72. The van der Waals surface area contributed by atoms with Gasteiger partial charge in [-0.15, -0.1) is 0 Å². The molecule has 0 fully saturated rings. The molecule has 0 aliphatic carbocycles. The third kappa shape index (κ3) is 5.26. The van der Waals surface area contributed by atoms with Crippen molar-refractivity contribution in [1.29, 1.82) is 0 Å². The van der Waals surface area contributed by atoms with Crippen LogP contribution in [-0.4, -0.2) is 40.4 Å². The lowest BCUT2D eigenvalue weighted by atomic mass is 10.0. The van der Waals surface area contributed by atoms with Gasteiger partial charge in [0.25, 0.3) is 5.91 Å². The molecule has 130 valence electrons. The number of carboxylic acids is 1. The summed E-state index contributed by atoms with van der Waals surface area (Å²) in [6, 6.07) is 0. The number of aliphatic imine (C=N–C) groups is 1. The van der Waals surface area contributed by atoms with Crippen LogP contribution >= 0.6 is 15.9 Å². The van der Waals surface area contributed by atoms with Crippen LogP contribution in [0.25, 0.3) is 0 Å². The molecule has 1 heterocycles. The fourth-order valence-electron chi connectivity index (χ4n) is 2.13. The van der Waals surface area contributed by atoms with Crippen LogP contribution in [0.3, 0.4) is 0 Å². The largest absolute Gasteiger partial charge is 0.478 e. The minimum atomic E-state index is -1.18. The second-order valence-corrected chi connectivity index (χ2v) is 5.89. The van der Waals surface area contributed by atoms with E-state index in [1.54, 1.807) is 6.92 Å². The van der Waals surface area contributed by atoms with Crippen molar-refractivity contribution >= 4 is 39.3 Å². The first-order valence-corrected chi connectivity index (χ1v) is 8.70. The molecular formula is C17H21BrN2O4. The number of aliphatic carboxylic acids is 1. The van der Waals surface area contributed by atoms with Crippen LogP contribution in [0, 0.1) is 0 Å². The molecule has 6 nitrogen and oxygen atoms in total. The first kappa shape index (κ1) is 20.0. The van der Waals surface area contributed by atoms with E-state index in [4.69, 9.17) is 0 Å². The highest BCUT2D eigenvalue weighted by atomic mass is 79.9. The first-order valence-electron chi connectivity index (χ1n) is 7.58. The molecule has 0 aromatic rings. The zero-order valence-electron chi connectivity index (χ0n) is 13.8. The van der Waals surface area contributed by atoms with Crippen LogP contribution in [0.15, 0.2) is 40.1 Å². The molecule has 24 heavy (non-hydrogen) atoms. The van der Waals surface area contributed by atoms with Crippen LogP contribution < -0.4 is 5.32 Å². The maximum absolute atomic E-state index is 12.4. The predicted octanol–water partition coefficient (Wildman–Crippen LogP) is 2.55. The lowest BCUT2D eigenvalue weighted by Crippen LogP contribution is -2.32. The van der Waals surface area contributed by atoms with Crippen LogP contribution in [0.1, 0.15) is 33.1 Å². The second kappa shape index (κ2) is 9.32. The van der Waals surface area contributed by atoms with E-state index in [9.17, 15) is 19.5 Å². The van der Waals surface area contributed by atoms with Gasteiger partial charge in [0, 0.05) is 11.0 Å². The summed E-state index contributed by atoms with van der Waals surface area (Å²) in [7, 11) is 0. The average Bonchev–Trinajstić information content (AvgIpc) is 2.52. The third-order valence-electron chi connectivity index (χ3n) is 3.53. The summed E-state index contributed by atoms with van der Waals surface area (Å²) in [5.74, 6) is -2.16. The van der Waals surface area contributed by atoms with Crippen molar-refractivity contribution in [3.8, 4) is 0 Å². The third-order valence-corrected chi connectivity index (χ3v) is 4.13. The molecule has 7 heteroatoms. The van der Waals surface area contributed by atoms with Crippen LogP contribution in [0.2, 0.25) is 0 Å². The summed E-state index contributed by atoms with van der Waals surface area (Å²) in [5, 5.41) is 12.4. The summed E-state index contributed by atoms with van der Waals surface area (Å²) in [4.78, 5) is 39.8. The number of hydrogen-bond acceptors (Lipinski definition) is 4. The second-order valence-electron chi connectivity index (χ2n) is 5.33. The van der Waals surface area contributed by atoms with Crippen molar-refractivity contribution in [1.82, 2.24) is 5.32 Å². The van der Waals surface area contributed by atoms with E-state index in [-0.39, 0.29) is 30.0 Å². The van der Waals surface area contributed by atoms with E-state index in [1.807, 2.05) is 13.0 Å². The van der Waals surface area contributed by atoms with Gasteiger partial charge >= 0.3 is 5.97 Å². The van der Waals surface area contributed by atoms with Gasteiger partial charge in [-0.05, 0) is 37.3 Å². The molecule has 0 spiro atoms. The molecular weight excluding hydrogens is 376 g/mol. The van der Waals surface area contributed by atoms with Gasteiger partial charge in [-0.3, -0.25) is 9.59 Å². The normalized spacial score (nSPS) is 22.3. The number of ketones is 1. The van der Waals surface area contributed by atoms with Crippen molar-refractivity contribution in [3.63, 3.8) is 0 Å². The lowest BCUT2D eigenvalue weighted by molar-refractivity contribution is -0.133. The minimum absolute atomic E-state index is 0.0499. The number of halogens is 1. The molecule has 0 saturated heterocycles. The highest BCUT2D eigenvalue weighted by molar-refractivity contribution is 9.09. The number of carboxylic acid groups (broad SMARTS) is 1. The Balaban J connectivity index is 3.22. The summed E-state index contributed by atoms with van der Waals surface area (Å²) in [5.41, 5.74) is 1.72. The smallest absolute Gasteiger partial charge is 0.333 e. The topological polar surface area (TPSA) is 95.8 Å². The van der Waals surface area contributed by atoms with E-state index < -0.39 is 11.9 Å². The van der Waals surface area contributed by atoms with E-state index in [0.29, 0.717) is 29.5 Å². The summed E-state index contributed by atoms with van der Waals surface area (Å²) in [6.07, 6.45) is 3.19. The zero-order valence-corrected chi connectivity index (χ0v) is 15.4. The number of carbonyl (C=O) groups excluding carboxylic acids is 2. The summed E-state index contributed by atoms with van der Waals surface area (Å²) >= 11 is 3.38. The maximum atomic E-state index is 12.4. The van der Waals surface area contributed by atoms with E-state index in [0.717, 1.165) is 5.57 Å². The molecule has 1 rings (SSSR count). The molecule has 2 N–H and O–H groups in total. The van der Waals surface area contributed by atoms with Crippen LogP contribution in [0.4, 0.5) is 0 Å². The summed E-state index contributed by atoms with van der Waals surface area (Å²) < 4.78 is 0. The van der Waals surface area contributed by atoms with Gasteiger partial charge in [-0.25, -0.2) is 9.79 Å². The highest BCUT2D eigenvalue weighted by Gasteiger charge is 2.23. The fourth-order valence-corrected chi connectivity index (χ4v) is 2.68. The predicted molar refractivity (Wildman–Crippen MR) is 96.3 cm³/mol. The monoisotopic (exact) mass is 396 g/mol. The molecule has 0 aromatic heterocycles. The van der Waals surface area contributed by atoms with Crippen LogP contribution in [0.5, 0.6) is 0 Å². The standard InChI is InChI=1S/C17H21BrN2O4/c1-4-13-11(8-18)6-5-7-12(17(23)24)15(20-13)16(22)19-9-14(21)10(2)3/h6H,2,4-5,7-9H2,1,3H3,(H,19,22)(H,23,24)/b11-6+,15-12+,20-13-. The molecule has 0 bridgehead atoms. The van der Waals surface area contributed by atoms with E-state index in [2.05, 4.69) is 32.8 Å². The molecule has 1 aliphatic rings. The number of alkyl halides is 1. The number of Topliss-reactive ketones (excluding diaryl/α,β-unsaturated/α-hetero) is 1. The van der Waals surface area contributed by atoms with Gasteiger partial charge in [0.05, 0.1) is 12.1 Å². The SMILES string of the molecule is C=C(C)C(=O)CNC(=O)C1=C(\C(=O)O)CC/C=C(CBr)/C(CC)=N\1. The molecule has 0 saturated carbocycles. The van der Waals surface area contributed by atoms with Gasteiger partial charge in [0.15, 0.2) is 5.78 Å². The number of hydrogen-bond donors (Lipinski definition) is 2. The molecule has 0 aromatic carbocycles. The molecule has 0 unspecified atom stereocenters. The lowest BCUT2D eigenvalue weighted by Gasteiger charge is -2.15. The first-order chi connectivity index (χ1) is 11.3. The van der Waals surface area contributed by atoms with Crippen molar-refractivity contribution in [2.24, 2.45) is 4.99 Å². The van der Waals surface area contributed by atoms with Gasteiger partial charge in [0.2, 0.25) is 0 Å². The highest BCUT2D eigenvalue weighted by Crippen LogP contribution is 2.21. The fraction of sp³-hybridized carbons (Fsp3) is 0.412. The van der Waals surface area contributed by atoms with Crippen molar-refractivity contribution in [2.75, 3.05) is 11.9 Å². The Morgan fingerprint density at radius 3 is 2.58 bits per heavy atom. The average molecular weight is 397 g/mol. The molecule has 1 amide bonds. The van der Waals surface area contributed by atoms with Crippen molar-refractivity contribution in [3.05, 3.63) is 35.1 Å². The number of rotatable bonds is 7. The maximum Gasteiger partial charge on any atom is 0.333 e. The van der Waals surface area contributed by atoms with Gasteiger partial charge < -0.3 is 10.4 Å². The Bertz CT molecular complexity index is 660. The number of nitrogens with one attached hydrogen (secondary N) is 1. The molecule has 0 atom stereocenters. The molecule has 1 aliphatic heterocycles. The van der Waals surface area contributed by atoms with Crippen LogP contribution in [-0.2, 0) is 14.4 Å². The Labute approximate surface area is 149 Å². The molecule has 0 radical (unpaired) electrons. The Morgan fingerprint density at radius 2 is 2.08 bits per heavy atom. The van der Waals surface area contributed by atoms with E-state index in [1.165, 1.54) is 0 Å². The Hall–Kier alpha value is -2.02. The number of carbonyl (C=O) groups is 3. The van der Waals surface area contributed by atoms with Crippen molar-refractivity contribution in [2.45, 2.75) is 33.1 Å².